The molecule has 0 aliphatic carbocycles. The summed E-state index contributed by atoms with van der Waals surface area (Å²) in [6, 6.07) is 16.1. The lowest BCUT2D eigenvalue weighted by molar-refractivity contribution is -0.144. The fourth-order valence-electron chi connectivity index (χ4n) is 10.6. The number of carbonyl (C=O) groups excluding carboxylic acids is 5. The predicted octanol–water partition coefficient (Wildman–Crippen LogP) is 7.98. The first-order chi connectivity index (χ1) is 37.5. The largest absolute Gasteiger partial charge is 0.391 e. The van der Waals surface area contributed by atoms with E-state index < -0.39 is 53.1 Å². The number of carbonyl (C=O) groups is 5. The van der Waals surface area contributed by atoms with E-state index in [4.69, 9.17) is 4.98 Å². The third-order valence-electron chi connectivity index (χ3n) is 14.9. The Labute approximate surface area is 456 Å². The third-order valence-corrected chi connectivity index (χ3v) is 15.9. The SMILES string of the molecule is Cc1ncsc1-c1ccc(CNC(=O)[C@@H]2C[C@@H](O)CN2C(=O)C(NC(=O)CCCCCCC(=O)N2CCC(Nc3cccc(C(=O)Nc4cnn5ccc(N6CCCC6c6cc(F)ccc6F)nc45)n3)CC2)C(C)(C)C)cc1. The van der Waals surface area contributed by atoms with E-state index in [1.807, 2.05) is 67.3 Å². The van der Waals surface area contributed by atoms with Crippen LogP contribution in [0.2, 0.25) is 0 Å². The summed E-state index contributed by atoms with van der Waals surface area (Å²) in [5.74, 6) is -1.31. The highest BCUT2D eigenvalue weighted by atomic mass is 32.1. The fourth-order valence-corrected chi connectivity index (χ4v) is 11.5. The number of benzene rings is 2. The average molecular weight is 1090 g/mol. The number of aliphatic hydroxyl groups is 1. The summed E-state index contributed by atoms with van der Waals surface area (Å²) >= 11 is 1.57. The Bertz CT molecular complexity index is 3120. The quantitative estimate of drug-likeness (QED) is 0.0488. The Hall–Kier alpha value is -7.39. The van der Waals surface area contributed by atoms with E-state index in [0.717, 1.165) is 53.1 Å². The number of unbranched alkanes of at least 4 members (excludes halogenated alkanes) is 3. The minimum absolute atomic E-state index is 0.00588. The highest BCUT2D eigenvalue weighted by Gasteiger charge is 2.44. The van der Waals surface area contributed by atoms with E-state index in [2.05, 4.69) is 36.3 Å². The van der Waals surface area contributed by atoms with Gasteiger partial charge in [0.05, 0.1) is 34.4 Å². The molecule has 0 radical (unpaired) electrons. The molecule has 2 unspecified atom stereocenters. The van der Waals surface area contributed by atoms with E-state index in [-0.39, 0.29) is 61.0 Å². The normalized spacial score (nSPS) is 18.3. The van der Waals surface area contributed by atoms with Crippen LogP contribution >= 0.6 is 11.3 Å². The van der Waals surface area contributed by atoms with E-state index in [9.17, 15) is 37.9 Å². The van der Waals surface area contributed by atoms with Gasteiger partial charge in [0.15, 0.2) is 5.65 Å². The van der Waals surface area contributed by atoms with E-state index in [1.54, 1.807) is 41.8 Å². The summed E-state index contributed by atoms with van der Waals surface area (Å²) in [6.45, 7) is 9.56. The predicted molar refractivity (Wildman–Crippen MR) is 293 cm³/mol. The topological polar surface area (TPSA) is 219 Å². The number of β-amino-alcohol motifs (C(OH)–C–C–N with tert-alkyl or cyclic N) is 1. The van der Waals surface area contributed by atoms with Crippen molar-refractivity contribution in [3.05, 3.63) is 119 Å². The molecule has 9 rings (SSSR count). The number of halogens is 2. The van der Waals surface area contributed by atoms with Gasteiger partial charge in [-0.25, -0.2) is 28.2 Å². The zero-order chi connectivity index (χ0) is 55.1. The van der Waals surface area contributed by atoms with Gasteiger partial charge in [0, 0.05) is 69.8 Å². The number of pyridine rings is 1. The van der Waals surface area contributed by atoms with Gasteiger partial charge in [-0.05, 0) is 98.4 Å². The van der Waals surface area contributed by atoms with Crippen molar-refractivity contribution in [1.29, 1.82) is 0 Å². The third kappa shape index (κ3) is 13.3. The van der Waals surface area contributed by atoms with Crippen LogP contribution in [0.15, 0.2) is 84.6 Å². The number of hydrogen-bond donors (Lipinski definition) is 5. The molecule has 2 aromatic carbocycles. The second-order valence-corrected chi connectivity index (χ2v) is 22.5. The van der Waals surface area contributed by atoms with Crippen LogP contribution in [-0.4, -0.2) is 119 Å². The van der Waals surface area contributed by atoms with Crippen molar-refractivity contribution < 1.29 is 37.9 Å². The maximum Gasteiger partial charge on any atom is 0.274 e. The van der Waals surface area contributed by atoms with Gasteiger partial charge in [0.25, 0.3) is 5.91 Å². The van der Waals surface area contributed by atoms with Gasteiger partial charge in [0.1, 0.15) is 46.7 Å². The van der Waals surface area contributed by atoms with E-state index in [0.29, 0.717) is 81.1 Å². The van der Waals surface area contributed by atoms with Crippen molar-refractivity contribution in [2.24, 2.45) is 5.41 Å². The summed E-state index contributed by atoms with van der Waals surface area (Å²) in [6.07, 6.45) is 8.64. The molecule has 0 spiro atoms. The number of anilines is 3. The number of thiazole rings is 1. The van der Waals surface area contributed by atoms with Crippen molar-refractivity contribution in [3.8, 4) is 10.4 Å². The van der Waals surface area contributed by atoms with Gasteiger partial charge in [-0.15, -0.1) is 11.3 Å². The summed E-state index contributed by atoms with van der Waals surface area (Å²) in [7, 11) is 0. The molecule has 5 amide bonds. The molecule has 18 nitrogen and oxygen atoms in total. The molecule has 4 atom stereocenters. The number of hydrogen-bond acceptors (Lipinski definition) is 13. The Kier molecular flexibility index (Phi) is 17.4. The van der Waals surface area contributed by atoms with Crippen molar-refractivity contribution >= 4 is 63.8 Å². The van der Waals surface area contributed by atoms with Gasteiger partial charge in [-0.1, -0.05) is 63.9 Å². The van der Waals surface area contributed by atoms with Crippen LogP contribution in [-0.2, 0) is 25.7 Å². The molecule has 21 heteroatoms. The van der Waals surface area contributed by atoms with E-state index >= 15 is 0 Å². The van der Waals surface area contributed by atoms with Gasteiger partial charge in [0.2, 0.25) is 23.6 Å². The number of piperidine rings is 1. The van der Waals surface area contributed by atoms with Crippen molar-refractivity contribution in [1.82, 2.24) is 45.0 Å². The second-order valence-electron chi connectivity index (χ2n) is 21.6. The lowest BCUT2D eigenvalue weighted by Crippen LogP contribution is -2.57. The lowest BCUT2D eigenvalue weighted by atomic mass is 9.85. The van der Waals surface area contributed by atoms with Crippen LogP contribution in [0.1, 0.15) is 125 Å². The Morgan fingerprint density at radius 1 is 0.897 bits per heavy atom. The molecule has 0 bridgehead atoms. The van der Waals surface area contributed by atoms with Crippen LogP contribution in [0.3, 0.4) is 0 Å². The highest BCUT2D eigenvalue weighted by molar-refractivity contribution is 7.13. The number of nitrogens with zero attached hydrogens (tertiary/aromatic N) is 8. The van der Waals surface area contributed by atoms with Crippen molar-refractivity contribution in [3.63, 3.8) is 0 Å². The van der Waals surface area contributed by atoms with Crippen LogP contribution < -0.4 is 26.2 Å². The summed E-state index contributed by atoms with van der Waals surface area (Å²) in [5, 5.41) is 27.2. The molecule has 5 N–H and O–H groups in total. The smallest absolute Gasteiger partial charge is 0.274 e. The standard InChI is InChI=1S/C57H68F2N12O6S/c1-35-51(78-34-61-35)37-18-16-36(17-19-37)31-60-55(76)46-30-40(72)33-70(46)56(77)52(57(2,3)4)67-49(73)14-7-5-6-8-15-50(74)68-26-22-39(23-27-68)63-47-13-9-11-43(64-47)54(75)65-44-32-62-71-28-24-48(66-53(44)71)69-25-10-12-45(69)41-29-38(58)20-21-42(41)59/h9,11,13,16-21,24,28-29,32,34,39-40,45-46,52,72H,5-8,10,12,14-15,22-23,25-27,30-31,33H2,1-4H3,(H,60,76)(H,63,64)(H,65,75)(H,67,73)/t40-,45?,46+,52?/m1/s1. The molecule has 412 valence electrons. The minimum Gasteiger partial charge on any atom is -0.391 e. The second kappa shape index (κ2) is 24.5. The Morgan fingerprint density at radius 3 is 2.41 bits per heavy atom. The molecule has 7 heterocycles. The molecular formula is C57H68F2N12O6S. The number of likely N-dealkylation sites (tertiary alicyclic amines) is 2. The zero-order valence-electron chi connectivity index (χ0n) is 44.5. The fraction of sp³-hybridized carbons (Fsp3) is 0.456. The molecule has 78 heavy (non-hydrogen) atoms. The first kappa shape index (κ1) is 55.4. The van der Waals surface area contributed by atoms with Crippen LogP contribution in [0.4, 0.5) is 26.1 Å². The van der Waals surface area contributed by atoms with Crippen LogP contribution in [0.25, 0.3) is 16.1 Å². The number of aromatic nitrogens is 5. The average Bonchev–Trinajstić information content (AvgIpc) is 4.30. The first-order valence-electron chi connectivity index (χ1n) is 26.9. The monoisotopic (exact) mass is 1090 g/mol. The van der Waals surface area contributed by atoms with Crippen molar-refractivity contribution in [2.45, 2.75) is 135 Å². The zero-order valence-corrected chi connectivity index (χ0v) is 45.3. The van der Waals surface area contributed by atoms with Crippen LogP contribution in [0.5, 0.6) is 0 Å². The van der Waals surface area contributed by atoms with Gasteiger partial charge in [-0.3, -0.25) is 24.0 Å². The maximum absolute atomic E-state index is 14.8. The number of aliphatic hydroxyl groups excluding tert-OH is 1. The number of rotatable bonds is 19. The molecule has 3 aliphatic rings. The Morgan fingerprint density at radius 2 is 1.67 bits per heavy atom. The van der Waals surface area contributed by atoms with Crippen molar-refractivity contribution in [2.75, 3.05) is 41.7 Å². The highest BCUT2D eigenvalue weighted by Crippen LogP contribution is 2.37. The van der Waals surface area contributed by atoms with Gasteiger partial charge >= 0.3 is 0 Å². The molecule has 3 aliphatic heterocycles. The maximum atomic E-state index is 14.8. The molecule has 6 aromatic rings. The Balaban J connectivity index is 0.677. The minimum atomic E-state index is -0.913. The molecular weight excluding hydrogens is 1020 g/mol. The molecule has 3 saturated heterocycles. The number of aryl methyl sites for hydroxylation is 1. The molecule has 3 fully saturated rings. The van der Waals surface area contributed by atoms with E-state index in [1.165, 1.54) is 21.7 Å². The number of nitrogens with one attached hydrogen (secondary N) is 4. The number of amides is 5. The summed E-state index contributed by atoms with van der Waals surface area (Å²) in [4.78, 5) is 87.6. The molecule has 0 saturated carbocycles. The summed E-state index contributed by atoms with van der Waals surface area (Å²) in [5.41, 5.74) is 5.25. The van der Waals surface area contributed by atoms with Crippen LogP contribution in [0, 0.1) is 24.0 Å². The van der Waals surface area contributed by atoms with Gasteiger partial charge < -0.3 is 41.1 Å². The summed E-state index contributed by atoms with van der Waals surface area (Å²) < 4.78 is 30.5. The van der Waals surface area contributed by atoms with Gasteiger partial charge in [-0.2, -0.15) is 5.10 Å². The lowest BCUT2D eigenvalue weighted by Gasteiger charge is -2.35. The molecule has 4 aromatic heterocycles. The number of fused-ring (bicyclic) bond motifs is 1. The first-order valence-corrected chi connectivity index (χ1v) is 27.8.